The van der Waals surface area contributed by atoms with E-state index >= 15 is 0 Å². The number of hydrogen-bond acceptors (Lipinski definition) is 6. The van der Waals surface area contributed by atoms with Crippen LogP contribution in [0.5, 0.6) is 0 Å². The van der Waals surface area contributed by atoms with Crippen molar-refractivity contribution in [2.45, 2.75) is 95.2 Å². The highest BCUT2D eigenvalue weighted by atomic mass is 16.6. The van der Waals surface area contributed by atoms with Crippen LogP contribution in [0.15, 0.2) is 21.9 Å². The second-order valence-electron chi connectivity index (χ2n) is 9.22. The molecule has 0 unspecified atom stereocenters. The average Bonchev–Trinajstić information content (AvgIpc) is 2.98. The Morgan fingerprint density at radius 2 is 2.15 bits per heavy atom. The Balaban J connectivity index is 1.61. The van der Waals surface area contributed by atoms with E-state index in [2.05, 4.69) is 37.1 Å². The number of esters is 1. The smallest absolute Gasteiger partial charge is 0.336 e. The number of fused-ring (bicyclic) bond motifs is 3. The predicted molar refractivity (Wildman–Crippen MR) is 100 cm³/mol. The molecule has 7 atom stereocenters. The minimum absolute atomic E-state index is 0.0704. The van der Waals surface area contributed by atoms with Gasteiger partial charge in [-0.15, -0.1) is 0 Å². The molecule has 3 aliphatic heterocycles. The molecule has 0 aromatic carbocycles. The topological polar surface area (TPSA) is 83.8 Å². The molecule has 150 valence electrons. The molecule has 6 nitrogen and oxygen atoms in total. The molecule has 6 heteroatoms. The molecule has 1 N–H and O–H groups in total. The van der Waals surface area contributed by atoms with E-state index in [1.807, 2.05) is 0 Å². The van der Waals surface area contributed by atoms with Crippen molar-refractivity contribution >= 4 is 5.97 Å². The Labute approximate surface area is 161 Å². The van der Waals surface area contributed by atoms with Gasteiger partial charge in [-0.3, -0.25) is 0 Å². The van der Waals surface area contributed by atoms with Crippen LogP contribution in [0.2, 0.25) is 0 Å². The number of nitrogens with zero attached hydrogens (tertiary/aromatic N) is 2. The molecule has 0 aromatic rings. The fourth-order valence-electron chi connectivity index (χ4n) is 5.16. The summed E-state index contributed by atoms with van der Waals surface area (Å²) in [5.74, 6) is -0.407. The first kappa shape index (κ1) is 19.1. The van der Waals surface area contributed by atoms with Crippen LogP contribution in [-0.4, -0.2) is 47.1 Å². The van der Waals surface area contributed by atoms with E-state index in [4.69, 9.17) is 9.47 Å². The third-order valence-corrected chi connectivity index (χ3v) is 7.24. The molecule has 0 radical (unpaired) electrons. The largest absolute Gasteiger partial charge is 0.457 e. The van der Waals surface area contributed by atoms with E-state index < -0.39 is 17.7 Å². The predicted octanol–water partition coefficient (Wildman–Crippen LogP) is 3.58. The standard InChI is InChI=1S/C21H32N2O4/c1-13-6-4-8-14(2)17(24)18-15(12-16-20(3,27-16)9-5-7-13)21(19(25)26-18)10-11-22-23-21/h7,14-18,24H,4-6,8-12H2,1-3H3/b13-7+/t14-,15+,16+,17+,18+,20+,21-/m0/s1. The van der Waals surface area contributed by atoms with Crippen LogP contribution >= 0.6 is 0 Å². The molecule has 0 saturated carbocycles. The van der Waals surface area contributed by atoms with Crippen molar-refractivity contribution in [2.24, 2.45) is 22.1 Å². The lowest BCUT2D eigenvalue weighted by molar-refractivity contribution is -0.150. The molecule has 0 aromatic heterocycles. The van der Waals surface area contributed by atoms with Crippen molar-refractivity contribution in [3.05, 3.63) is 11.6 Å². The number of hydrogen-bond donors (Lipinski definition) is 1. The van der Waals surface area contributed by atoms with E-state index in [1.54, 1.807) is 0 Å². The first-order valence-electron chi connectivity index (χ1n) is 10.5. The summed E-state index contributed by atoms with van der Waals surface area (Å²) in [4.78, 5) is 12.8. The van der Waals surface area contributed by atoms with Gasteiger partial charge >= 0.3 is 5.97 Å². The molecular formula is C21H32N2O4. The van der Waals surface area contributed by atoms with Crippen molar-refractivity contribution in [1.82, 2.24) is 0 Å². The number of aliphatic hydroxyl groups is 1. The first-order valence-corrected chi connectivity index (χ1v) is 10.5. The van der Waals surface area contributed by atoms with Gasteiger partial charge in [-0.2, -0.15) is 10.2 Å². The number of rotatable bonds is 0. The number of carbonyl (C=O) groups is 1. The lowest BCUT2D eigenvalue weighted by atomic mass is 9.74. The highest BCUT2D eigenvalue weighted by Gasteiger charge is 2.64. The number of epoxide rings is 1. The summed E-state index contributed by atoms with van der Waals surface area (Å²) in [6.45, 7) is 6.95. The normalized spacial score (nSPS) is 49.7. The number of carbonyl (C=O) groups excluding carboxylic acids is 1. The number of azo groups is 1. The molecular weight excluding hydrogens is 344 g/mol. The van der Waals surface area contributed by atoms with Gasteiger partial charge in [0, 0.05) is 12.3 Å². The van der Waals surface area contributed by atoms with Crippen molar-refractivity contribution < 1.29 is 19.4 Å². The zero-order chi connectivity index (χ0) is 19.2. The highest BCUT2D eigenvalue weighted by molar-refractivity contribution is 5.84. The first-order chi connectivity index (χ1) is 12.9. The minimum Gasteiger partial charge on any atom is -0.457 e. The van der Waals surface area contributed by atoms with Crippen LogP contribution in [0.3, 0.4) is 0 Å². The Morgan fingerprint density at radius 3 is 2.89 bits per heavy atom. The minimum atomic E-state index is -0.911. The van der Waals surface area contributed by atoms with Gasteiger partial charge < -0.3 is 14.6 Å². The van der Waals surface area contributed by atoms with Crippen molar-refractivity contribution in [3.8, 4) is 0 Å². The third-order valence-electron chi connectivity index (χ3n) is 7.24. The van der Waals surface area contributed by atoms with Gasteiger partial charge in [0.15, 0.2) is 5.54 Å². The maximum Gasteiger partial charge on any atom is 0.336 e. The lowest BCUT2D eigenvalue weighted by Crippen LogP contribution is -2.44. The van der Waals surface area contributed by atoms with E-state index in [9.17, 15) is 9.90 Å². The van der Waals surface area contributed by atoms with Crippen molar-refractivity contribution in [3.63, 3.8) is 0 Å². The summed E-state index contributed by atoms with van der Waals surface area (Å²) in [6, 6.07) is 0. The van der Waals surface area contributed by atoms with Crippen molar-refractivity contribution in [2.75, 3.05) is 6.54 Å². The van der Waals surface area contributed by atoms with Crippen LogP contribution < -0.4 is 0 Å². The van der Waals surface area contributed by atoms with Gasteiger partial charge in [-0.05, 0) is 58.3 Å². The molecule has 1 aliphatic carbocycles. The van der Waals surface area contributed by atoms with Crippen LogP contribution in [0, 0.1) is 11.8 Å². The molecule has 1 spiro atoms. The Morgan fingerprint density at radius 1 is 1.33 bits per heavy atom. The lowest BCUT2D eigenvalue weighted by Gasteiger charge is -2.30. The molecule has 2 saturated heterocycles. The quantitative estimate of drug-likeness (QED) is 0.398. The summed E-state index contributed by atoms with van der Waals surface area (Å²) < 4.78 is 11.8. The van der Waals surface area contributed by atoms with Crippen LogP contribution in [0.1, 0.15) is 65.7 Å². The van der Waals surface area contributed by atoms with Gasteiger partial charge in [-0.25, -0.2) is 4.79 Å². The van der Waals surface area contributed by atoms with Gasteiger partial charge in [0.25, 0.3) is 0 Å². The van der Waals surface area contributed by atoms with Gasteiger partial charge in [0.05, 0.1) is 24.4 Å². The molecule has 4 aliphatic rings. The zero-order valence-corrected chi connectivity index (χ0v) is 16.7. The van der Waals surface area contributed by atoms with Gasteiger partial charge in [-0.1, -0.05) is 18.6 Å². The fourth-order valence-corrected chi connectivity index (χ4v) is 5.16. The average molecular weight is 376 g/mol. The van der Waals surface area contributed by atoms with Gasteiger partial charge in [0.1, 0.15) is 6.10 Å². The summed E-state index contributed by atoms with van der Waals surface area (Å²) in [5.41, 5.74) is 0.348. The van der Waals surface area contributed by atoms with E-state index in [0.29, 0.717) is 19.4 Å². The second-order valence-corrected chi connectivity index (χ2v) is 9.22. The summed E-state index contributed by atoms with van der Waals surface area (Å²) in [7, 11) is 0. The number of aliphatic hydroxyl groups excluding tert-OH is 1. The fraction of sp³-hybridized carbons (Fsp3) is 0.857. The molecule has 2 fully saturated rings. The van der Waals surface area contributed by atoms with E-state index in [1.165, 1.54) is 5.57 Å². The van der Waals surface area contributed by atoms with Crippen molar-refractivity contribution in [1.29, 1.82) is 0 Å². The highest BCUT2D eigenvalue weighted by Crippen LogP contribution is 2.51. The van der Waals surface area contributed by atoms with Crippen LogP contribution in [0.4, 0.5) is 0 Å². The number of ether oxygens (including phenoxy) is 2. The molecule has 27 heavy (non-hydrogen) atoms. The molecule has 0 bridgehead atoms. The van der Waals surface area contributed by atoms with Crippen LogP contribution in [0.25, 0.3) is 0 Å². The SMILES string of the molecule is C/C1=C\CC[C@@]2(C)O[C@@H]2C[C@@H]2[C@@H](OC(=O)[C@]23CCN=N3)[C@H](O)[C@@H](C)CCC1. The maximum atomic E-state index is 12.8. The Hall–Kier alpha value is -1.27. The summed E-state index contributed by atoms with van der Waals surface area (Å²) in [6.07, 6.45) is 7.50. The third kappa shape index (κ3) is 3.35. The Kier molecular flexibility index (Phi) is 4.91. The van der Waals surface area contributed by atoms with E-state index in [-0.39, 0.29) is 29.5 Å². The van der Waals surface area contributed by atoms with Crippen LogP contribution in [-0.2, 0) is 14.3 Å². The number of allylic oxidation sites excluding steroid dienone is 2. The monoisotopic (exact) mass is 376 g/mol. The maximum absolute atomic E-state index is 12.8. The second kappa shape index (κ2) is 6.96. The molecule has 0 amide bonds. The summed E-state index contributed by atoms with van der Waals surface area (Å²) in [5, 5.41) is 19.5. The van der Waals surface area contributed by atoms with Gasteiger partial charge in [0.2, 0.25) is 0 Å². The Bertz CT molecular complexity index is 663. The molecule has 4 rings (SSSR count). The van der Waals surface area contributed by atoms with E-state index in [0.717, 1.165) is 32.1 Å². The molecule has 3 heterocycles. The summed E-state index contributed by atoms with van der Waals surface area (Å²) >= 11 is 0. The zero-order valence-electron chi connectivity index (χ0n) is 16.7.